The van der Waals surface area contributed by atoms with E-state index in [1.54, 1.807) is 6.26 Å². The fourth-order valence-corrected chi connectivity index (χ4v) is 5.48. The second kappa shape index (κ2) is 10.6. The number of aromatic nitrogens is 2. The largest absolute Gasteiger partial charge is 0.415 e. The Morgan fingerprint density at radius 1 is 1.27 bits per heavy atom. The molecule has 1 atom stereocenters. The van der Waals surface area contributed by atoms with Crippen molar-refractivity contribution in [2.75, 3.05) is 37.5 Å². The van der Waals surface area contributed by atoms with Crippen LogP contribution in [-0.4, -0.2) is 56.9 Å². The summed E-state index contributed by atoms with van der Waals surface area (Å²) in [4.78, 5) is 10.9. The van der Waals surface area contributed by atoms with Gasteiger partial charge in [0.2, 0.25) is 0 Å². The minimum absolute atomic E-state index is 0.0172. The second-order valence-corrected chi connectivity index (χ2v) is 16.4. The van der Waals surface area contributed by atoms with E-state index in [0.29, 0.717) is 37.3 Å². The van der Waals surface area contributed by atoms with Crippen molar-refractivity contribution >= 4 is 64.3 Å². The summed E-state index contributed by atoms with van der Waals surface area (Å²) < 4.78 is 42.6. The molecule has 1 aliphatic heterocycles. The van der Waals surface area contributed by atoms with Gasteiger partial charge >= 0.3 is 0 Å². The van der Waals surface area contributed by atoms with Crippen LogP contribution in [0.15, 0.2) is 9.63 Å². The Morgan fingerprint density at radius 2 is 1.97 bits per heavy atom. The zero-order valence-electron chi connectivity index (χ0n) is 19.9. The molecule has 5 nitrogen and oxygen atoms in total. The van der Waals surface area contributed by atoms with E-state index < -0.39 is 20.0 Å². The third-order valence-electron chi connectivity index (χ3n) is 6.51. The van der Waals surface area contributed by atoms with Crippen LogP contribution in [0.3, 0.4) is 0 Å². The van der Waals surface area contributed by atoms with E-state index in [4.69, 9.17) is 20.8 Å². The van der Waals surface area contributed by atoms with Crippen LogP contribution in [-0.2, 0) is 9.16 Å². The Balaban J connectivity index is 2.10. The van der Waals surface area contributed by atoms with Gasteiger partial charge in [0, 0.05) is 13.2 Å². The van der Waals surface area contributed by atoms with Crippen LogP contribution in [0.1, 0.15) is 33.6 Å². The molecule has 1 unspecified atom stereocenters. The van der Waals surface area contributed by atoms with Gasteiger partial charge in [-0.1, -0.05) is 44.1 Å². The molecule has 3 rings (SSSR count). The van der Waals surface area contributed by atoms with E-state index in [2.05, 4.69) is 59.8 Å². The number of benzene rings is 1. The third kappa shape index (κ3) is 5.67. The summed E-state index contributed by atoms with van der Waals surface area (Å²) in [5.41, 5.74) is -0.0924. The van der Waals surface area contributed by atoms with Crippen LogP contribution in [0, 0.1) is 11.6 Å². The number of hydrogen-bond acceptors (Lipinski definition) is 6. The minimum Gasteiger partial charge on any atom is -0.415 e. The van der Waals surface area contributed by atoms with E-state index in [9.17, 15) is 0 Å². The molecule has 0 saturated carbocycles. The fourth-order valence-electron chi connectivity index (χ4n) is 3.54. The summed E-state index contributed by atoms with van der Waals surface area (Å²) in [6.07, 6.45) is 3.54. The maximum atomic E-state index is 15.4. The van der Waals surface area contributed by atoms with E-state index in [-0.39, 0.29) is 31.5 Å². The molecule has 0 amide bonds. The van der Waals surface area contributed by atoms with Crippen LogP contribution in [0.4, 0.5) is 14.6 Å². The number of nitrogens with zero attached hydrogens (tertiary/aromatic N) is 3. The number of rotatable bonds is 7. The average molecular weight is 583 g/mol. The second-order valence-electron chi connectivity index (χ2n) is 9.69. The Labute approximate surface area is 213 Å². The van der Waals surface area contributed by atoms with Gasteiger partial charge in [0.1, 0.15) is 11.3 Å². The van der Waals surface area contributed by atoms with Crippen LogP contribution < -0.4 is 4.90 Å². The highest BCUT2D eigenvalue weighted by atomic mass is 79.9. The molecule has 1 saturated heterocycles. The van der Waals surface area contributed by atoms with Crippen LogP contribution in [0.2, 0.25) is 23.2 Å². The number of anilines is 1. The molecule has 2 aromatic rings. The van der Waals surface area contributed by atoms with Crippen molar-refractivity contribution < 1.29 is 17.9 Å². The van der Waals surface area contributed by atoms with E-state index in [1.165, 1.54) is 11.8 Å². The summed E-state index contributed by atoms with van der Waals surface area (Å²) >= 11 is 10.5. The van der Waals surface area contributed by atoms with Gasteiger partial charge in [0.15, 0.2) is 25.1 Å². The van der Waals surface area contributed by atoms with Gasteiger partial charge in [-0.05, 0) is 53.2 Å². The Bertz CT molecular complexity index is 1020. The normalized spacial score (nSPS) is 17.6. The van der Waals surface area contributed by atoms with E-state index in [1.807, 2.05) is 4.90 Å². The number of ether oxygens (including phenoxy) is 1. The van der Waals surface area contributed by atoms with Crippen molar-refractivity contribution in [3.63, 3.8) is 0 Å². The molecular formula is C22H31BrClF2N3O2SSi. The molecule has 11 heteroatoms. The Kier molecular flexibility index (Phi) is 8.71. The fraction of sp³-hybridized carbons (Fsp3) is 0.636. The zero-order chi connectivity index (χ0) is 24.6. The first-order valence-electron chi connectivity index (χ1n) is 10.9. The Morgan fingerprint density at radius 3 is 2.55 bits per heavy atom. The lowest BCUT2D eigenvalue weighted by molar-refractivity contribution is 0.0780. The minimum atomic E-state index is -1.99. The lowest BCUT2D eigenvalue weighted by atomic mass is 10.1. The molecule has 0 spiro atoms. The van der Waals surface area contributed by atoms with E-state index >= 15 is 8.78 Å². The first kappa shape index (κ1) is 27.1. The van der Waals surface area contributed by atoms with Crippen molar-refractivity contribution in [2.24, 2.45) is 0 Å². The lowest BCUT2D eigenvalue weighted by Gasteiger charge is -2.39. The molecule has 0 N–H and O–H groups in total. The predicted octanol–water partition coefficient (Wildman–Crippen LogP) is 7.05. The maximum Gasteiger partial charge on any atom is 0.192 e. The van der Waals surface area contributed by atoms with Gasteiger partial charge in [0.05, 0.1) is 34.1 Å². The predicted molar refractivity (Wildman–Crippen MR) is 138 cm³/mol. The van der Waals surface area contributed by atoms with Gasteiger partial charge in [-0.15, -0.1) is 0 Å². The number of fused-ring (bicyclic) bond motifs is 1. The first-order chi connectivity index (χ1) is 15.4. The average Bonchev–Trinajstić information content (AvgIpc) is 2.78. The summed E-state index contributed by atoms with van der Waals surface area (Å²) in [6, 6.07) is -0.0422. The Hall–Kier alpha value is -0.523. The number of halogens is 4. The van der Waals surface area contributed by atoms with E-state index in [0.717, 1.165) is 12.8 Å². The van der Waals surface area contributed by atoms with Crippen LogP contribution in [0.5, 0.6) is 0 Å². The molecule has 0 aliphatic carbocycles. The molecule has 184 valence electrons. The molecule has 1 aliphatic rings. The third-order valence-corrected chi connectivity index (χ3v) is 12.9. The molecular weight excluding hydrogens is 552 g/mol. The van der Waals surface area contributed by atoms with Gasteiger partial charge in [0.25, 0.3) is 0 Å². The van der Waals surface area contributed by atoms with Crippen molar-refractivity contribution in [3.8, 4) is 0 Å². The highest BCUT2D eigenvalue weighted by Gasteiger charge is 2.37. The SMILES string of the molecule is CSc1nc(N(CCO[Si](C)(C)C(C)(C)C)C2CCCOC2)c2c(F)c(Cl)c(Br)c(F)c2n1. The standard InChI is InChI=1S/C22H31BrClF2N3O2SSi/c1-22(2,3)33(5,6)31-11-9-29(13-8-7-10-30-12-13)20-14-17(25)16(24)15(23)18(26)19(14)27-21(28-20)32-4/h13H,7-12H2,1-6H3. The van der Waals surface area contributed by atoms with Crippen molar-refractivity contribution in [2.45, 2.75) is 62.9 Å². The molecule has 0 bridgehead atoms. The molecule has 2 heterocycles. The summed E-state index contributed by atoms with van der Waals surface area (Å²) in [5.74, 6) is -1.12. The molecule has 33 heavy (non-hydrogen) atoms. The first-order valence-corrected chi connectivity index (χ1v) is 16.3. The van der Waals surface area contributed by atoms with Gasteiger partial charge in [-0.3, -0.25) is 0 Å². The zero-order valence-corrected chi connectivity index (χ0v) is 24.1. The quantitative estimate of drug-likeness (QED) is 0.115. The van der Waals surface area contributed by atoms with Crippen LogP contribution in [0.25, 0.3) is 10.9 Å². The van der Waals surface area contributed by atoms with Crippen LogP contribution >= 0.6 is 39.3 Å². The van der Waals surface area contributed by atoms with Crippen molar-refractivity contribution in [1.82, 2.24) is 9.97 Å². The molecule has 1 aromatic heterocycles. The summed E-state index contributed by atoms with van der Waals surface area (Å²) in [6.45, 7) is 13.0. The number of thioether (sulfide) groups is 1. The molecule has 1 aromatic carbocycles. The van der Waals surface area contributed by atoms with Gasteiger partial charge in [-0.25, -0.2) is 18.7 Å². The van der Waals surface area contributed by atoms with Crippen molar-refractivity contribution in [1.29, 1.82) is 0 Å². The topological polar surface area (TPSA) is 47.5 Å². The molecule has 0 radical (unpaired) electrons. The summed E-state index contributed by atoms with van der Waals surface area (Å²) in [5, 5.41) is 0.0849. The maximum absolute atomic E-state index is 15.4. The highest BCUT2D eigenvalue weighted by Crippen LogP contribution is 2.40. The summed E-state index contributed by atoms with van der Waals surface area (Å²) in [7, 11) is -1.99. The monoisotopic (exact) mass is 581 g/mol. The smallest absolute Gasteiger partial charge is 0.192 e. The van der Waals surface area contributed by atoms with Gasteiger partial charge < -0.3 is 14.1 Å². The molecule has 1 fully saturated rings. The number of hydrogen-bond donors (Lipinski definition) is 0. The van der Waals surface area contributed by atoms with Gasteiger partial charge in [-0.2, -0.15) is 0 Å². The highest BCUT2D eigenvalue weighted by molar-refractivity contribution is 9.10. The lowest BCUT2D eigenvalue weighted by Crippen LogP contribution is -2.47. The van der Waals surface area contributed by atoms with Crippen molar-refractivity contribution in [3.05, 3.63) is 21.1 Å².